The van der Waals surface area contributed by atoms with Crippen LogP contribution in [-0.2, 0) is 12.0 Å². The van der Waals surface area contributed by atoms with E-state index in [1.807, 2.05) is 0 Å². The van der Waals surface area contributed by atoms with Crippen LogP contribution >= 0.6 is 0 Å². The summed E-state index contributed by atoms with van der Waals surface area (Å²) in [6, 6.07) is 8.49. The zero-order valence-electron chi connectivity index (χ0n) is 11.1. The van der Waals surface area contributed by atoms with Crippen LogP contribution in [0.3, 0.4) is 0 Å². The fourth-order valence-corrected chi connectivity index (χ4v) is 3.09. The Hall–Kier alpha value is -0.890. The number of nitrogens with two attached hydrogens (primary N) is 1. The third-order valence-electron chi connectivity index (χ3n) is 4.13. The minimum absolute atomic E-state index is 0.134. The van der Waals surface area contributed by atoms with Crippen LogP contribution in [0.25, 0.3) is 0 Å². The molecule has 1 aromatic carbocycles. The van der Waals surface area contributed by atoms with Gasteiger partial charge in [0.2, 0.25) is 0 Å². The lowest BCUT2D eigenvalue weighted by Crippen LogP contribution is -2.39. The van der Waals surface area contributed by atoms with Crippen molar-refractivity contribution in [2.75, 3.05) is 6.67 Å². The highest BCUT2D eigenvalue weighted by atomic mass is 19.1. The van der Waals surface area contributed by atoms with Crippen molar-refractivity contribution in [3.05, 3.63) is 35.4 Å². The van der Waals surface area contributed by atoms with Gasteiger partial charge < -0.3 is 5.73 Å². The summed E-state index contributed by atoms with van der Waals surface area (Å²) < 4.78 is 12.2. The van der Waals surface area contributed by atoms with Gasteiger partial charge in [0, 0.05) is 5.54 Å². The van der Waals surface area contributed by atoms with Gasteiger partial charge in [-0.25, -0.2) is 0 Å². The van der Waals surface area contributed by atoms with E-state index in [0.717, 1.165) is 25.7 Å². The Kier molecular flexibility index (Phi) is 4.76. The molecule has 2 heteroatoms. The lowest BCUT2D eigenvalue weighted by Gasteiger charge is -2.35. The number of benzene rings is 1. The third kappa shape index (κ3) is 3.11. The van der Waals surface area contributed by atoms with Crippen LogP contribution in [-0.4, -0.2) is 6.67 Å². The fraction of sp³-hybridized carbons (Fsp3) is 0.625. The van der Waals surface area contributed by atoms with Crippen LogP contribution in [0.1, 0.15) is 56.1 Å². The SMILES string of the molecule is NC1(c2ccccc2CCCCF)CCCCC1. The Labute approximate surface area is 110 Å². The van der Waals surface area contributed by atoms with Crippen molar-refractivity contribution in [3.8, 4) is 0 Å². The van der Waals surface area contributed by atoms with E-state index in [2.05, 4.69) is 24.3 Å². The quantitative estimate of drug-likeness (QED) is 0.781. The van der Waals surface area contributed by atoms with E-state index >= 15 is 0 Å². The molecule has 0 aliphatic heterocycles. The van der Waals surface area contributed by atoms with Gasteiger partial charge in [0.05, 0.1) is 6.67 Å². The number of hydrogen-bond acceptors (Lipinski definition) is 1. The lowest BCUT2D eigenvalue weighted by molar-refractivity contribution is 0.300. The summed E-state index contributed by atoms with van der Waals surface area (Å²) in [5, 5.41) is 0. The number of rotatable bonds is 5. The third-order valence-corrected chi connectivity index (χ3v) is 4.13. The maximum Gasteiger partial charge on any atom is 0.0894 e. The average molecular weight is 249 g/mol. The topological polar surface area (TPSA) is 26.0 Å². The Bertz CT molecular complexity index is 369. The predicted octanol–water partition coefficient (Wildman–Crippen LogP) is 4.10. The summed E-state index contributed by atoms with van der Waals surface area (Å²) in [5.74, 6) is 0. The van der Waals surface area contributed by atoms with Gasteiger partial charge >= 0.3 is 0 Å². The second-order valence-corrected chi connectivity index (χ2v) is 5.52. The Morgan fingerprint density at radius 3 is 2.50 bits per heavy atom. The van der Waals surface area contributed by atoms with E-state index in [1.54, 1.807) is 0 Å². The summed E-state index contributed by atoms with van der Waals surface area (Å²) in [4.78, 5) is 0. The van der Waals surface area contributed by atoms with E-state index in [4.69, 9.17) is 5.73 Å². The number of hydrogen-bond donors (Lipinski definition) is 1. The molecule has 0 aromatic heterocycles. The molecule has 0 radical (unpaired) electrons. The van der Waals surface area contributed by atoms with Crippen LogP contribution in [0, 0.1) is 0 Å². The summed E-state index contributed by atoms with van der Waals surface area (Å²) in [7, 11) is 0. The van der Waals surface area contributed by atoms with Crippen LogP contribution in [0.2, 0.25) is 0 Å². The maximum atomic E-state index is 12.2. The van der Waals surface area contributed by atoms with Crippen molar-refractivity contribution in [1.29, 1.82) is 0 Å². The van der Waals surface area contributed by atoms with Crippen molar-refractivity contribution < 1.29 is 4.39 Å². The molecule has 2 N–H and O–H groups in total. The molecule has 0 bridgehead atoms. The number of halogens is 1. The molecule has 1 saturated carbocycles. The molecule has 1 aliphatic rings. The van der Waals surface area contributed by atoms with Crippen LogP contribution < -0.4 is 5.73 Å². The smallest absolute Gasteiger partial charge is 0.0894 e. The summed E-state index contributed by atoms with van der Waals surface area (Å²) >= 11 is 0. The Balaban J connectivity index is 2.15. The highest BCUT2D eigenvalue weighted by molar-refractivity contribution is 5.34. The molecule has 1 nitrogen and oxygen atoms in total. The average Bonchev–Trinajstić information content (AvgIpc) is 2.40. The van der Waals surface area contributed by atoms with Crippen LogP contribution in [0.5, 0.6) is 0 Å². The highest BCUT2D eigenvalue weighted by Crippen LogP contribution is 2.36. The van der Waals surface area contributed by atoms with Gasteiger partial charge in [-0.15, -0.1) is 0 Å². The van der Waals surface area contributed by atoms with Crippen LogP contribution in [0.4, 0.5) is 4.39 Å². The molecule has 0 amide bonds. The zero-order valence-corrected chi connectivity index (χ0v) is 11.1. The van der Waals surface area contributed by atoms with Gasteiger partial charge in [-0.1, -0.05) is 43.5 Å². The first-order valence-corrected chi connectivity index (χ1v) is 7.19. The lowest BCUT2D eigenvalue weighted by atomic mass is 9.75. The molecule has 1 aromatic rings. The van der Waals surface area contributed by atoms with Gasteiger partial charge in [-0.05, 0) is 43.2 Å². The molecular weight excluding hydrogens is 225 g/mol. The number of unbranched alkanes of at least 4 members (excludes halogenated alkanes) is 1. The molecule has 0 saturated heterocycles. The van der Waals surface area contributed by atoms with Crippen molar-refractivity contribution in [1.82, 2.24) is 0 Å². The van der Waals surface area contributed by atoms with Gasteiger partial charge in [-0.3, -0.25) is 4.39 Å². The monoisotopic (exact) mass is 249 g/mol. The predicted molar refractivity (Wildman–Crippen MR) is 74.3 cm³/mol. The second kappa shape index (κ2) is 6.33. The first-order chi connectivity index (χ1) is 8.76. The zero-order chi connectivity index (χ0) is 12.8. The molecule has 100 valence electrons. The molecule has 0 spiro atoms. The van der Waals surface area contributed by atoms with Crippen LogP contribution in [0.15, 0.2) is 24.3 Å². The summed E-state index contributed by atoms with van der Waals surface area (Å²) in [5.41, 5.74) is 9.11. The van der Waals surface area contributed by atoms with Gasteiger partial charge in [0.15, 0.2) is 0 Å². The summed E-state index contributed by atoms with van der Waals surface area (Å²) in [6.45, 7) is -0.212. The van der Waals surface area contributed by atoms with E-state index < -0.39 is 0 Å². The van der Waals surface area contributed by atoms with Crippen molar-refractivity contribution in [3.63, 3.8) is 0 Å². The molecule has 0 atom stereocenters. The standard InChI is InChI=1S/C16H24FN/c17-13-7-4-9-14-8-2-3-10-15(14)16(18)11-5-1-6-12-16/h2-3,8,10H,1,4-7,9,11-13,18H2. The molecule has 1 aliphatic carbocycles. The van der Waals surface area contributed by atoms with Crippen molar-refractivity contribution in [2.45, 2.75) is 56.9 Å². The second-order valence-electron chi connectivity index (χ2n) is 5.52. The summed E-state index contributed by atoms with van der Waals surface area (Å²) in [6.07, 6.45) is 8.49. The molecule has 1 fully saturated rings. The van der Waals surface area contributed by atoms with E-state index in [0.29, 0.717) is 6.42 Å². The Morgan fingerprint density at radius 1 is 1.06 bits per heavy atom. The minimum Gasteiger partial charge on any atom is -0.321 e. The Morgan fingerprint density at radius 2 is 1.78 bits per heavy atom. The molecule has 18 heavy (non-hydrogen) atoms. The first-order valence-electron chi connectivity index (χ1n) is 7.19. The number of aryl methyl sites for hydroxylation is 1. The van der Waals surface area contributed by atoms with Gasteiger partial charge in [-0.2, -0.15) is 0 Å². The normalized spacial score (nSPS) is 18.8. The molecule has 0 unspecified atom stereocenters. The van der Waals surface area contributed by atoms with Crippen molar-refractivity contribution >= 4 is 0 Å². The van der Waals surface area contributed by atoms with E-state index in [9.17, 15) is 4.39 Å². The van der Waals surface area contributed by atoms with E-state index in [-0.39, 0.29) is 12.2 Å². The number of alkyl halides is 1. The first kappa shape index (κ1) is 13.5. The van der Waals surface area contributed by atoms with Gasteiger partial charge in [0.25, 0.3) is 0 Å². The largest absolute Gasteiger partial charge is 0.321 e. The minimum atomic E-state index is -0.212. The van der Waals surface area contributed by atoms with Crippen molar-refractivity contribution in [2.24, 2.45) is 5.73 Å². The van der Waals surface area contributed by atoms with Gasteiger partial charge in [0.1, 0.15) is 0 Å². The molecular formula is C16H24FN. The molecule has 0 heterocycles. The maximum absolute atomic E-state index is 12.2. The molecule has 2 rings (SSSR count). The highest BCUT2D eigenvalue weighted by Gasteiger charge is 2.30. The van der Waals surface area contributed by atoms with E-state index in [1.165, 1.54) is 30.4 Å². The fourth-order valence-electron chi connectivity index (χ4n) is 3.09.